The fourth-order valence-corrected chi connectivity index (χ4v) is 2.21. The largest absolute Gasteiger partial charge is 0.326 e. The Morgan fingerprint density at radius 2 is 1.95 bits per heavy atom. The third-order valence-corrected chi connectivity index (χ3v) is 3.27. The van der Waals surface area contributed by atoms with Crippen molar-refractivity contribution in [2.45, 2.75) is 6.54 Å². The normalized spacial score (nSPS) is 10.3. The van der Waals surface area contributed by atoms with Gasteiger partial charge in [0, 0.05) is 23.5 Å². The molecule has 0 unspecified atom stereocenters. The molecule has 0 radical (unpaired) electrons. The van der Waals surface area contributed by atoms with Crippen LogP contribution in [0.5, 0.6) is 0 Å². The van der Waals surface area contributed by atoms with E-state index < -0.39 is 0 Å². The molecule has 0 spiro atoms. The molecule has 0 N–H and O–H groups in total. The molecule has 0 atom stereocenters. The zero-order valence-corrected chi connectivity index (χ0v) is 11.2. The molecule has 0 fully saturated rings. The summed E-state index contributed by atoms with van der Waals surface area (Å²) in [5.41, 5.74) is 1.84. The van der Waals surface area contributed by atoms with E-state index in [1.807, 2.05) is 47.2 Å². The Morgan fingerprint density at radius 3 is 2.67 bits per heavy atom. The number of nitrogens with zero attached hydrogens (tertiary/aromatic N) is 3. The van der Waals surface area contributed by atoms with Crippen molar-refractivity contribution in [1.82, 2.24) is 9.55 Å². The van der Waals surface area contributed by atoms with Crippen LogP contribution < -0.4 is 0 Å². The first kappa shape index (κ1) is 13.1. The molecule has 0 aliphatic carbocycles. The maximum absolute atomic E-state index is 14.0. The van der Waals surface area contributed by atoms with E-state index in [0.717, 1.165) is 11.4 Å². The van der Waals surface area contributed by atoms with Gasteiger partial charge in [0.25, 0.3) is 0 Å². The summed E-state index contributed by atoms with van der Waals surface area (Å²) in [6.45, 7) is 0.377. The molecule has 0 saturated carbocycles. The zero-order valence-electron chi connectivity index (χ0n) is 11.2. The lowest BCUT2D eigenvalue weighted by molar-refractivity contribution is 0.600. The van der Waals surface area contributed by atoms with Gasteiger partial charge in [0.1, 0.15) is 11.6 Å². The van der Waals surface area contributed by atoms with E-state index in [-0.39, 0.29) is 5.82 Å². The van der Waals surface area contributed by atoms with Crippen LogP contribution in [0.4, 0.5) is 4.39 Å². The van der Waals surface area contributed by atoms with Crippen LogP contribution in [0.15, 0.2) is 60.9 Å². The highest BCUT2D eigenvalue weighted by Gasteiger charge is 2.09. The van der Waals surface area contributed by atoms with Gasteiger partial charge in [-0.1, -0.05) is 36.4 Å². The Balaban J connectivity index is 1.94. The molecule has 0 aliphatic rings. The third kappa shape index (κ3) is 2.67. The molecule has 0 saturated heterocycles. The molecule has 3 nitrogen and oxygen atoms in total. The van der Waals surface area contributed by atoms with Gasteiger partial charge in [0.05, 0.1) is 18.2 Å². The van der Waals surface area contributed by atoms with Crippen LogP contribution in [0.2, 0.25) is 0 Å². The first-order chi connectivity index (χ1) is 10.3. The molecule has 2 aromatic carbocycles. The molecule has 0 bridgehead atoms. The Morgan fingerprint density at radius 1 is 1.14 bits per heavy atom. The molecule has 0 amide bonds. The monoisotopic (exact) mass is 277 g/mol. The minimum atomic E-state index is -0.373. The summed E-state index contributed by atoms with van der Waals surface area (Å²) < 4.78 is 15.9. The number of hydrogen-bond acceptors (Lipinski definition) is 2. The summed E-state index contributed by atoms with van der Waals surface area (Å²) in [5.74, 6) is 0.418. The van der Waals surface area contributed by atoms with E-state index in [1.165, 1.54) is 6.07 Å². The van der Waals surface area contributed by atoms with Gasteiger partial charge < -0.3 is 4.57 Å². The van der Waals surface area contributed by atoms with Crippen molar-refractivity contribution in [2.24, 2.45) is 0 Å². The molecule has 1 aromatic heterocycles. The van der Waals surface area contributed by atoms with Gasteiger partial charge in [-0.2, -0.15) is 5.26 Å². The van der Waals surface area contributed by atoms with Gasteiger partial charge in [0.15, 0.2) is 0 Å². The summed E-state index contributed by atoms with van der Waals surface area (Å²) >= 11 is 0. The number of nitriles is 1. The average molecular weight is 277 g/mol. The maximum atomic E-state index is 14.0. The fourth-order valence-electron chi connectivity index (χ4n) is 2.21. The second-order valence-electron chi connectivity index (χ2n) is 4.66. The zero-order chi connectivity index (χ0) is 14.7. The van der Waals surface area contributed by atoms with E-state index in [4.69, 9.17) is 5.26 Å². The number of imidazole rings is 1. The number of rotatable bonds is 3. The summed E-state index contributed by atoms with van der Waals surface area (Å²) in [6, 6.07) is 16.2. The lowest BCUT2D eigenvalue weighted by atomic mass is 10.1. The van der Waals surface area contributed by atoms with Crippen molar-refractivity contribution in [3.63, 3.8) is 0 Å². The topological polar surface area (TPSA) is 41.6 Å². The SMILES string of the molecule is N#Cc1ccc(Cn2ccnc2-c2ccccc2)c(F)c1. The number of hydrogen-bond donors (Lipinski definition) is 0. The molecule has 0 aliphatic heterocycles. The van der Waals surface area contributed by atoms with Gasteiger partial charge >= 0.3 is 0 Å². The van der Waals surface area contributed by atoms with Gasteiger partial charge in [0.2, 0.25) is 0 Å². The van der Waals surface area contributed by atoms with Crippen molar-refractivity contribution in [2.75, 3.05) is 0 Å². The molecule has 3 aromatic rings. The first-order valence-corrected chi connectivity index (χ1v) is 6.53. The lowest BCUT2D eigenvalue weighted by Gasteiger charge is -2.09. The molecular formula is C17H12FN3. The van der Waals surface area contributed by atoms with Gasteiger partial charge in [-0.15, -0.1) is 0 Å². The predicted octanol–water partition coefficient (Wildman–Crippen LogP) is 3.61. The van der Waals surface area contributed by atoms with Crippen LogP contribution in [0.3, 0.4) is 0 Å². The highest BCUT2D eigenvalue weighted by atomic mass is 19.1. The smallest absolute Gasteiger partial charge is 0.140 e. The molecule has 3 rings (SSSR count). The van der Waals surface area contributed by atoms with Crippen molar-refractivity contribution in [3.05, 3.63) is 77.9 Å². The van der Waals surface area contributed by atoms with Crippen molar-refractivity contribution in [3.8, 4) is 17.5 Å². The van der Waals surface area contributed by atoms with E-state index in [1.54, 1.807) is 18.3 Å². The Bertz CT molecular complexity index is 800. The van der Waals surface area contributed by atoms with Crippen LogP contribution in [-0.2, 0) is 6.54 Å². The molecular weight excluding hydrogens is 265 g/mol. The van der Waals surface area contributed by atoms with Crippen molar-refractivity contribution in [1.29, 1.82) is 5.26 Å². The standard InChI is InChI=1S/C17H12FN3/c18-16-10-13(11-19)6-7-15(16)12-21-9-8-20-17(21)14-4-2-1-3-5-14/h1-10H,12H2. The number of benzene rings is 2. The summed E-state index contributed by atoms with van der Waals surface area (Å²) in [6.07, 6.45) is 3.52. The van der Waals surface area contributed by atoms with Crippen molar-refractivity contribution < 1.29 is 4.39 Å². The molecule has 1 heterocycles. The lowest BCUT2D eigenvalue weighted by Crippen LogP contribution is -2.03. The van der Waals surface area contributed by atoms with Crippen LogP contribution in [0.25, 0.3) is 11.4 Å². The highest BCUT2D eigenvalue weighted by Crippen LogP contribution is 2.19. The second kappa shape index (κ2) is 5.59. The van der Waals surface area contributed by atoms with Gasteiger partial charge in [-0.25, -0.2) is 9.37 Å². The molecule has 21 heavy (non-hydrogen) atoms. The Hall–Kier alpha value is -2.93. The van der Waals surface area contributed by atoms with Crippen LogP contribution in [0.1, 0.15) is 11.1 Å². The van der Waals surface area contributed by atoms with E-state index in [9.17, 15) is 4.39 Å². The Kier molecular flexibility index (Phi) is 3.48. The van der Waals surface area contributed by atoms with Crippen molar-refractivity contribution >= 4 is 0 Å². The average Bonchev–Trinajstić information content (AvgIpc) is 2.98. The molecule has 4 heteroatoms. The summed E-state index contributed by atoms with van der Waals surface area (Å²) in [7, 11) is 0. The number of aromatic nitrogens is 2. The second-order valence-corrected chi connectivity index (χ2v) is 4.66. The predicted molar refractivity (Wildman–Crippen MR) is 77.9 cm³/mol. The number of halogens is 1. The minimum Gasteiger partial charge on any atom is -0.326 e. The van der Waals surface area contributed by atoms with Crippen LogP contribution in [0, 0.1) is 17.1 Å². The minimum absolute atomic E-state index is 0.324. The summed E-state index contributed by atoms with van der Waals surface area (Å²) in [4.78, 5) is 4.33. The van der Waals surface area contributed by atoms with Crippen LogP contribution >= 0.6 is 0 Å². The van der Waals surface area contributed by atoms with Crippen LogP contribution in [-0.4, -0.2) is 9.55 Å². The van der Waals surface area contributed by atoms with Gasteiger partial charge in [-0.3, -0.25) is 0 Å². The quantitative estimate of drug-likeness (QED) is 0.734. The first-order valence-electron chi connectivity index (χ1n) is 6.53. The molecule has 102 valence electrons. The summed E-state index contributed by atoms with van der Waals surface area (Å²) in [5, 5.41) is 8.77. The van der Waals surface area contributed by atoms with E-state index in [0.29, 0.717) is 17.7 Å². The van der Waals surface area contributed by atoms with E-state index in [2.05, 4.69) is 4.98 Å². The highest BCUT2D eigenvalue weighted by molar-refractivity contribution is 5.55. The Labute approximate surface area is 121 Å². The van der Waals surface area contributed by atoms with Gasteiger partial charge in [-0.05, 0) is 12.1 Å². The third-order valence-electron chi connectivity index (χ3n) is 3.27. The maximum Gasteiger partial charge on any atom is 0.140 e. The fraction of sp³-hybridized carbons (Fsp3) is 0.0588. The van der Waals surface area contributed by atoms with E-state index >= 15 is 0 Å².